The molecule has 132 valence electrons. The predicted molar refractivity (Wildman–Crippen MR) is 101 cm³/mol. The third kappa shape index (κ3) is 4.32. The van der Waals surface area contributed by atoms with E-state index in [1.165, 1.54) is 16.7 Å². The summed E-state index contributed by atoms with van der Waals surface area (Å²) in [5.41, 5.74) is 10.3. The maximum absolute atomic E-state index is 12.3. The highest BCUT2D eigenvalue weighted by Crippen LogP contribution is 2.30. The summed E-state index contributed by atoms with van der Waals surface area (Å²) in [4.78, 5) is 12.3. The maximum atomic E-state index is 12.3. The van der Waals surface area contributed by atoms with Gasteiger partial charge >= 0.3 is 0 Å². The number of nitrogens with one attached hydrogen (secondary N) is 1. The molecule has 0 aromatic heterocycles. The number of carbonyl (C=O) groups excluding carboxylic acids is 1. The second kappa shape index (κ2) is 7.60. The Labute approximate surface area is 149 Å². The minimum Gasteiger partial charge on any atom is -0.484 e. The number of carbonyl (C=O) groups is 1. The summed E-state index contributed by atoms with van der Waals surface area (Å²) < 4.78 is 5.62. The summed E-state index contributed by atoms with van der Waals surface area (Å²) in [7, 11) is 0. The highest BCUT2D eigenvalue weighted by molar-refractivity contribution is 5.78. The normalized spacial score (nSPS) is 16.4. The van der Waals surface area contributed by atoms with Crippen LogP contribution in [0, 0.1) is 0 Å². The molecular weight excluding hydrogens is 312 g/mol. The molecule has 0 heterocycles. The molecule has 2 aromatic carbocycles. The van der Waals surface area contributed by atoms with Crippen molar-refractivity contribution < 1.29 is 9.53 Å². The van der Waals surface area contributed by atoms with Crippen molar-refractivity contribution in [2.75, 3.05) is 12.3 Å². The Morgan fingerprint density at radius 1 is 1.24 bits per heavy atom. The molecule has 2 aromatic rings. The summed E-state index contributed by atoms with van der Waals surface area (Å²) in [6, 6.07) is 13.9. The number of nitrogens with two attached hydrogens (primary N) is 1. The van der Waals surface area contributed by atoms with E-state index in [2.05, 4.69) is 19.2 Å². The van der Waals surface area contributed by atoms with Crippen LogP contribution in [0.25, 0.3) is 0 Å². The van der Waals surface area contributed by atoms with Gasteiger partial charge in [-0.2, -0.15) is 0 Å². The standard InChI is InChI=1S/C21H26N2O2/c1-14(2)15-6-9-18(10-7-15)25-13-21(24)23-20-5-3-4-16-12-17(22)8-11-19(16)20/h6-12,14,20H,3-5,13,22H2,1-2H3,(H,23,24). The van der Waals surface area contributed by atoms with Crippen molar-refractivity contribution in [3.8, 4) is 5.75 Å². The van der Waals surface area contributed by atoms with Gasteiger partial charge in [0.2, 0.25) is 0 Å². The zero-order valence-electron chi connectivity index (χ0n) is 14.9. The molecule has 0 radical (unpaired) electrons. The van der Waals surface area contributed by atoms with Gasteiger partial charge in [-0.25, -0.2) is 0 Å². The van der Waals surface area contributed by atoms with Gasteiger partial charge < -0.3 is 15.8 Å². The number of aryl methyl sites for hydroxylation is 1. The number of benzene rings is 2. The van der Waals surface area contributed by atoms with Crippen molar-refractivity contribution in [2.45, 2.75) is 45.1 Å². The van der Waals surface area contributed by atoms with Crippen LogP contribution in [0.2, 0.25) is 0 Å². The lowest BCUT2D eigenvalue weighted by molar-refractivity contribution is -0.123. The SMILES string of the molecule is CC(C)c1ccc(OCC(=O)NC2CCCc3cc(N)ccc32)cc1. The fraction of sp³-hybridized carbons (Fsp3) is 0.381. The fourth-order valence-corrected chi connectivity index (χ4v) is 3.32. The zero-order valence-corrected chi connectivity index (χ0v) is 14.9. The molecule has 1 amide bonds. The van der Waals surface area contributed by atoms with Crippen molar-refractivity contribution in [3.63, 3.8) is 0 Å². The highest BCUT2D eigenvalue weighted by atomic mass is 16.5. The molecule has 0 saturated carbocycles. The largest absolute Gasteiger partial charge is 0.484 e. The van der Waals surface area contributed by atoms with E-state index in [9.17, 15) is 4.79 Å². The molecule has 25 heavy (non-hydrogen) atoms. The molecule has 0 bridgehead atoms. The van der Waals surface area contributed by atoms with Gasteiger partial charge in [-0.05, 0) is 66.1 Å². The maximum Gasteiger partial charge on any atom is 0.258 e. The highest BCUT2D eigenvalue weighted by Gasteiger charge is 2.22. The van der Waals surface area contributed by atoms with Crippen LogP contribution in [-0.4, -0.2) is 12.5 Å². The molecule has 0 fully saturated rings. The lowest BCUT2D eigenvalue weighted by atomic mass is 9.87. The monoisotopic (exact) mass is 338 g/mol. The van der Waals surface area contributed by atoms with Crippen LogP contribution >= 0.6 is 0 Å². The number of rotatable bonds is 5. The zero-order chi connectivity index (χ0) is 17.8. The van der Waals surface area contributed by atoms with Crippen molar-refractivity contribution >= 4 is 11.6 Å². The van der Waals surface area contributed by atoms with Crippen LogP contribution < -0.4 is 15.8 Å². The molecule has 3 N–H and O–H groups in total. The summed E-state index contributed by atoms with van der Waals surface area (Å²) >= 11 is 0. The summed E-state index contributed by atoms with van der Waals surface area (Å²) in [5, 5.41) is 3.09. The van der Waals surface area contributed by atoms with Gasteiger partial charge in [0.1, 0.15) is 5.75 Å². The number of nitrogen functional groups attached to an aromatic ring is 1. The van der Waals surface area contributed by atoms with Gasteiger partial charge in [0, 0.05) is 5.69 Å². The van der Waals surface area contributed by atoms with Crippen molar-refractivity contribution in [2.24, 2.45) is 0 Å². The first kappa shape index (κ1) is 17.3. The Kier molecular flexibility index (Phi) is 5.27. The molecule has 0 aliphatic heterocycles. The van der Waals surface area contributed by atoms with Crippen LogP contribution in [-0.2, 0) is 11.2 Å². The quantitative estimate of drug-likeness (QED) is 0.811. The molecule has 1 aliphatic carbocycles. The molecule has 0 spiro atoms. The average molecular weight is 338 g/mol. The van der Waals surface area contributed by atoms with E-state index < -0.39 is 0 Å². The van der Waals surface area contributed by atoms with E-state index in [1.54, 1.807) is 0 Å². The van der Waals surface area contributed by atoms with Crippen LogP contribution in [0.15, 0.2) is 42.5 Å². The van der Waals surface area contributed by atoms with E-state index in [-0.39, 0.29) is 18.6 Å². The third-order valence-electron chi connectivity index (χ3n) is 4.73. The van der Waals surface area contributed by atoms with Crippen LogP contribution in [0.4, 0.5) is 5.69 Å². The summed E-state index contributed by atoms with van der Waals surface area (Å²) in [6.45, 7) is 4.33. The van der Waals surface area contributed by atoms with Crippen molar-refractivity contribution in [1.82, 2.24) is 5.32 Å². The first-order valence-corrected chi connectivity index (χ1v) is 8.93. The van der Waals surface area contributed by atoms with Crippen molar-refractivity contribution in [3.05, 3.63) is 59.2 Å². The van der Waals surface area contributed by atoms with Gasteiger partial charge in [-0.3, -0.25) is 4.79 Å². The van der Waals surface area contributed by atoms with E-state index in [4.69, 9.17) is 10.5 Å². The average Bonchev–Trinajstić information content (AvgIpc) is 2.60. The molecule has 4 nitrogen and oxygen atoms in total. The number of hydrogen-bond acceptors (Lipinski definition) is 3. The number of anilines is 1. The molecular formula is C21H26N2O2. The Bertz CT molecular complexity index is 738. The number of amides is 1. The van der Waals surface area contributed by atoms with E-state index >= 15 is 0 Å². The Balaban J connectivity index is 1.57. The minimum absolute atomic E-state index is 0.0296. The summed E-state index contributed by atoms with van der Waals surface area (Å²) in [5.74, 6) is 1.11. The molecule has 3 rings (SSSR count). The molecule has 0 saturated heterocycles. The molecule has 1 aliphatic rings. The van der Waals surface area contributed by atoms with Gasteiger partial charge in [0.25, 0.3) is 5.91 Å². The molecule has 4 heteroatoms. The summed E-state index contributed by atoms with van der Waals surface area (Å²) in [6.07, 6.45) is 3.02. The fourth-order valence-electron chi connectivity index (χ4n) is 3.32. The molecule has 1 atom stereocenters. The minimum atomic E-state index is -0.0948. The lowest BCUT2D eigenvalue weighted by Gasteiger charge is -2.26. The van der Waals surface area contributed by atoms with Crippen LogP contribution in [0.3, 0.4) is 0 Å². The first-order chi connectivity index (χ1) is 12.0. The number of hydrogen-bond donors (Lipinski definition) is 2. The second-order valence-electron chi connectivity index (χ2n) is 6.98. The van der Waals surface area contributed by atoms with Crippen molar-refractivity contribution in [1.29, 1.82) is 0 Å². The smallest absolute Gasteiger partial charge is 0.258 e. The van der Waals surface area contributed by atoms with E-state index in [0.717, 1.165) is 30.7 Å². The lowest BCUT2D eigenvalue weighted by Crippen LogP contribution is -2.34. The Morgan fingerprint density at radius 3 is 2.72 bits per heavy atom. The van der Waals surface area contributed by atoms with E-state index in [1.807, 2.05) is 42.5 Å². The van der Waals surface area contributed by atoms with Crippen LogP contribution in [0.1, 0.15) is 55.3 Å². The molecule has 1 unspecified atom stereocenters. The van der Waals surface area contributed by atoms with Gasteiger partial charge in [0.15, 0.2) is 6.61 Å². The predicted octanol–water partition coefficient (Wildman–Crippen LogP) is 3.96. The van der Waals surface area contributed by atoms with Gasteiger partial charge in [-0.1, -0.05) is 32.0 Å². The third-order valence-corrected chi connectivity index (χ3v) is 4.73. The number of ether oxygens (including phenoxy) is 1. The Hall–Kier alpha value is -2.49. The van der Waals surface area contributed by atoms with Gasteiger partial charge in [-0.15, -0.1) is 0 Å². The van der Waals surface area contributed by atoms with E-state index in [0.29, 0.717) is 5.92 Å². The second-order valence-corrected chi connectivity index (χ2v) is 6.98. The Morgan fingerprint density at radius 2 is 2.00 bits per heavy atom. The van der Waals surface area contributed by atoms with Crippen LogP contribution in [0.5, 0.6) is 5.75 Å². The van der Waals surface area contributed by atoms with Gasteiger partial charge in [0.05, 0.1) is 6.04 Å². The number of fused-ring (bicyclic) bond motifs is 1. The topological polar surface area (TPSA) is 64.3 Å². The first-order valence-electron chi connectivity index (χ1n) is 8.93.